The average Bonchev–Trinajstić information content (AvgIpc) is 2.85. The summed E-state index contributed by atoms with van der Waals surface area (Å²) in [6, 6.07) is 8.12. The van der Waals surface area contributed by atoms with E-state index in [-0.39, 0.29) is 5.97 Å². The number of hydrogen-bond acceptors (Lipinski definition) is 4. The molecule has 0 aliphatic heterocycles. The Labute approximate surface area is 202 Å². The highest BCUT2D eigenvalue weighted by atomic mass is 16.5. The summed E-state index contributed by atoms with van der Waals surface area (Å²) < 4.78 is 9.86. The van der Waals surface area contributed by atoms with Gasteiger partial charge in [0.05, 0.1) is 12.5 Å². The molecule has 0 amide bonds. The van der Waals surface area contributed by atoms with Crippen LogP contribution < -0.4 is 0 Å². The molecule has 0 saturated carbocycles. The van der Waals surface area contributed by atoms with Crippen molar-refractivity contribution >= 4 is 23.6 Å². The molecule has 34 heavy (non-hydrogen) atoms. The number of esters is 2. The molecule has 0 saturated heterocycles. The van der Waals surface area contributed by atoms with Crippen LogP contribution in [0.4, 0.5) is 0 Å². The first kappa shape index (κ1) is 26.3. The minimum absolute atomic E-state index is 0.260. The number of rotatable bonds is 10. The number of carbonyl (C=O) groups excluding carboxylic acids is 2. The molecule has 1 aliphatic rings. The maximum Gasteiger partial charge on any atom is 0.334 e. The summed E-state index contributed by atoms with van der Waals surface area (Å²) in [5.74, 6) is -0.400. The first-order chi connectivity index (χ1) is 16.4. The number of carbonyl (C=O) groups is 2. The summed E-state index contributed by atoms with van der Waals surface area (Å²) in [6.45, 7) is 13.5. The van der Waals surface area contributed by atoms with Gasteiger partial charge in [-0.25, -0.2) is 4.79 Å². The zero-order valence-corrected chi connectivity index (χ0v) is 20.1. The monoisotopic (exact) mass is 456 g/mol. The Hall–Kier alpha value is -3.92. The highest BCUT2D eigenvalue weighted by Gasteiger charge is 2.17. The van der Waals surface area contributed by atoms with E-state index in [1.807, 2.05) is 37.3 Å². The van der Waals surface area contributed by atoms with Crippen molar-refractivity contribution < 1.29 is 19.1 Å². The Morgan fingerprint density at radius 3 is 2.41 bits per heavy atom. The van der Waals surface area contributed by atoms with Crippen molar-refractivity contribution in [3.05, 3.63) is 120 Å². The van der Waals surface area contributed by atoms with Crippen LogP contribution in [0.15, 0.2) is 109 Å². The minimum atomic E-state index is -0.482. The molecular weight excluding hydrogens is 424 g/mol. The van der Waals surface area contributed by atoms with E-state index in [1.165, 1.54) is 23.7 Å². The third kappa shape index (κ3) is 8.21. The molecule has 1 atom stereocenters. The quantitative estimate of drug-likeness (QED) is 0.161. The molecule has 0 aromatic heterocycles. The lowest BCUT2D eigenvalue weighted by atomic mass is 9.82. The Morgan fingerprint density at radius 2 is 1.79 bits per heavy atom. The lowest BCUT2D eigenvalue weighted by molar-refractivity contribution is -0.137. The highest BCUT2D eigenvalue weighted by molar-refractivity contribution is 5.82. The molecule has 4 nitrogen and oxygen atoms in total. The number of allylic oxidation sites excluding steroid dienone is 10. The van der Waals surface area contributed by atoms with E-state index < -0.39 is 5.97 Å². The van der Waals surface area contributed by atoms with Crippen molar-refractivity contribution in [3.63, 3.8) is 0 Å². The lowest BCUT2D eigenvalue weighted by Gasteiger charge is -2.22. The summed E-state index contributed by atoms with van der Waals surface area (Å²) in [7, 11) is 0. The second-order valence-electron chi connectivity index (χ2n) is 7.78. The molecule has 0 fully saturated rings. The van der Waals surface area contributed by atoms with Crippen LogP contribution in [0.2, 0.25) is 0 Å². The molecule has 0 heterocycles. The molecule has 2 rings (SSSR count). The lowest BCUT2D eigenvalue weighted by Crippen LogP contribution is -2.05. The van der Waals surface area contributed by atoms with Gasteiger partial charge in [-0.15, -0.1) is 0 Å². The first-order valence-electron chi connectivity index (χ1n) is 11.3. The minimum Gasteiger partial charge on any atom is -0.434 e. The number of benzene rings is 1. The van der Waals surface area contributed by atoms with Crippen LogP contribution in [0.3, 0.4) is 0 Å². The van der Waals surface area contributed by atoms with Gasteiger partial charge in [0.2, 0.25) is 0 Å². The predicted molar refractivity (Wildman–Crippen MR) is 139 cm³/mol. The molecule has 4 heteroatoms. The van der Waals surface area contributed by atoms with Crippen LogP contribution >= 0.6 is 0 Å². The summed E-state index contributed by atoms with van der Waals surface area (Å²) in [6.07, 6.45) is 18.8. The second kappa shape index (κ2) is 13.6. The van der Waals surface area contributed by atoms with Gasteiger partial charge in [-0.2, -0.15) is 0 Å². The zero-order chi connectivity index (χ0) is 24.9. The molecule has 0 spiro atoms. The average molecular weight is 457 g/mol. The van der Waals surface area contributed by atoms with E-state index in [9.17, 15) is 9.59 Å². The zero-order valence-electron chi connectivity index (χ0n) is 20.1. The summed E-state index contributed by atoms with van der Waals surface area (Å²) >= 11 is 0. The van der Waals surface area contributed by atoms with Crippen molar-refractivity contribution in [2.75, 3.05) is 0 Å². The second-order valence-corrected chi connectivity index (χ2v) is 7.78. The summed E-state index contributed by atoms with van der Waals surface area (Å²) in [4.78, 5) is 22.3. The van der Waals surface area contributed by atoms with Gasteiger partial charge < -0.3 is 9.47 Å². The van der Waals surface area contributed by atoms with Crippen LogP contribution in [0, 0.1) is 5.92 Å². The number of hydrogen-bond donors (Lipinski definition) is 0. The van der Waals surface area contributed by atoms with E-state index in [2.05, 4.69) is 44.4 Å². The molecule has 1 aromatic rings. The highest BCUT2D eigenvalue weighted by Crippen LogP contribution is 2.35. The molecule has 1 aliphatic carbocycles. The van der Waals surface area contributed by atoms with Gasteiger partial charge in [0.25, 0.3) is 0 Å². The molecule has 0 N–H and O–H groups in total. The molecular formula is C30H32O4. The van der Waals surface area contributed by atoms with Crippen molar-refractivity contribution in [1.82, 2.24) is 0 Å². The van der Waals surface area contributed by atoms with E-state index in [0.29, 0.717) is 12.3 Å². The normalized spacial score (nSPS) is 16.4. The van der Waals surface area contributed by atoms with Crippen LogP contribution in [0.1, 0.15) is 44.7 Å². The number of ether oxygens (including phenoxy) is 2. The van der Waals surface area contributed by atoms with Gasteiger partial charge in [0, 0.05) is 12.5 Å². The van der Waals surface area contributed by atoms with Crippen molar-refractivity contribution in [2.45, 2.75) is 33.6 Å². The van der Waals surface area contributed by atoms with Gasteiger partial charge in [0.1, 0.15) is 0 Å². The van der Waals surface area contributed by atoms with Crippen molar-refractivity contribution in [1.29, 1.82) is 0 Å². The third-order valence-electron chi connectivity index (χ3n) is 5.35. The Kier molecular flexibility index (Phi) is 10.5. The smallest absolute Gasteiger partial charge is 0.334 e. The van der Waals surface area contributed by atoms with E-state index in [1.54, 1.807) is 19.1 Å². The Morgan fingerprint density at radius 1 is 1.06 bits per heavy atom. The topological polar surface area (TPSA) is 52.6 Å². The Bertz CT molecular complexity index is 1090. The van der Waals surface area contributed by atoms with Gasteiger partial charge in [-0.05, 0) is 64.8 Å². The fourth-order valence-electron chi connectivity index (χ4n) is 3.32. The van der Waals surface area contributed by atoms with Crippen LogP contribution in [-0.2, 0) is 19.1 Å². The summed E-state index contributed by atoms with van der Waals surface area (Å²) in [5, 5.41) is 0. The molecule has 1 unspecified atom stereocenters. The van der Waals surface area contributed by atoms with Gasteiger partial charge in [-0.1, -0.05) is 81.7 Å². The van der Waals surface area contributed by atoms with Gasteiger partial charge in [0.15, 0.2) is 0 Å². The van der Waals surface area contributed by atoms with Crippen molar-refractivity contribution in [2.24, 2.45) is 5.92 Å². The van der Waals surface area contributed by atoms with Crippen LogP contribution in [0.25, 0.3) is 11.6 Å². The van der Waals surface area contributed by atoms with E-state index in [0.717, 1.165) is 34.8 Å². The van der Waals surface area contributed by atoms with E-state index >= 15 is 0 Å². The largest absolute Gasteiger partial charge is 0.434 e. The van der Waals surface area contributed by atoms with Crippen LogP contribution in [0.5, 0.6) is 0 Å². The molecule has 0 radical (unpaired) electrons. The maximum atomic E-state index is 11.2. The SMILES string of the molecule is C=CC(=O)O/C=C/c1ccc(C2=CC=C(C(=C)\C=C/C(/C=C/OC(=O)CC)=C\C)CC2C)cc1. The fraction of sp³-hybridized carbons (Fsp3) is 0.200. The summed E-state index contributed by atoms with van der Waals surface area (Å²) in [5.41, 5.74) is 6.44. The molecule has 176 valence electrons. The fourth-order valence-corrected chi connectivity index (χ4v) is 3.32. The third-order valence-corrected chi connectivity index (χ3v) is 5.35. The van der Waals surface area contributed by atoms with E-state index in [4.69, 9.17) is 9.47 Å². The first-order valence-corrected chi connectivity index (χ1v) is 11.3. The maximum absolute atomic E-state index is 11.2. The molecule has 0 bridgehead atoms. The van der Waals surface area contributed by atoms with Crippen molar-refractivity contribution in [3.8, 4) is 0 Å². The predicted octanol–water partition coefficient (Wildman–Crippen LogP) is 7.26. The van der Waals surface area contributed by atoms with Crippen LogP contribution in [-0.4, -0.2) is 11.9 Å². The van der Waals surface area contributed by atoms with Gasteiger partial charge >= 0.3 is 11.9 Å². The molecule has 1 aromatic carbocycles. The Balaban J connectivity index is 2.05. The standard InChI is InChI=1S/C30H32O4/c1-6-24(17-19-33-29(31)7-2)10-9-22(4)27-15-16-28(23(5)21-27)26-13-11-25(12-14-26)18-20-34-30(32)8-3/h6,8-20,23H,3-4,7,21H2,1-2,5H3/b10-9-,19-17+,20-18+,24-6+. The van der Waals surface area contributed by atoms with Gasteiger partial charge in [-0.3, -0.25) is 4.79 Å².